The van der Waals surface area contributed by atoms with E-state index in [-0.39, 0.29) is 24.6 Å². The normalized spacial score (nSPS) is 10.4. The Morgan fingerprint density at radius 2 is 1.84 bits per heavy atom. The van der Waals surface area contributed by atoms with Crippen LogP contribution in [0.15, 0.2) is 53.3 Å². The fourth-order valence-corrected chi connectivity index (χ4v) is 3.17. The molecule has 0 radical (unpaired) electrons. The molecule has 2 aromatic carbocycles. The number of nitrogens with zero attached hydrogens (tertiary/aromatic N) is 2. The van der Waals surface area contributed by atoms with Gasteiger partial charge in [-0.1, -0.05) is 36.3 Å². The van der Waals surface area contributed by atoms with Gasteiger partial charge in [-0.25, -0.2) is 4.68 Å². The van der Waals surface area contributed by atoms with E-state index in [1.54, 1.807) is 18.2 Å². The van der Waals surface area contributed by atoms with Crippen LogP contribution in [0, 0.1) is 15.9 Å². The first kappa shape index (κ1) is 17.2. The van der Waals surface area contributed by atoms with Crippen LogP contribution in [0.5, 0.6) is 0 Å². The quantitative estimate of drug-likeness (QED) is 0.498. The molecule has 124 valence electrons. The first-order chi connectivity index (χ1) is 12.1. The highest BCUT2D eigenvalue weighted by molar-refractivity contribution is 14.1. The Morgan fingerprint density at radius 1 is 1.16 bits per heavy atom. The zero-order valence-electron chi connectivity index (χ0n) is 13.2. The lowest BCUT2D eigenvalue weighted by Crippen LogP contribution is -2.28. The van der Waals surface area contributed by atoms with Crippen molar-refractivity contribution in [3.63, 3.8) is 0 Å². The van der Waals surface area contributed by atoms with E-state index in [2.05, 4.69) is 38.9 Å². The van der Waals surface area contributed by atoms with Gasteiger partial charge in [0.15, 0.2) is 0 Å². The van der Waals surface area contributed by atoms with E-state index in [0.717, 1.165) is 3.57 Å². The van der Waals surface area contributed by atoms with Gasteiger partial charge >= 0.3 is 0 Å². The summed E-state index contributed by atoms with van der Waals surface area (Å²) in [5.41, 5.74) is 0.968. The van der Waals surface area contributed by atoms with E-state index in [1.165, 1.54) is 4.68 Å². The van der Waals surface area contributed by atoms with Gasteiger partial charge in [-0.3, -0.25) is 9.59 Å². The van der Waals surface area contributed by atoms with E-state index in [4.69, 9.17) is 6.42 Å². The molecule has 0 spiro atoms. The number of halogens is 1. The molecule has 6 heteroatoms. The highest BCUT2D eigenvalue weighted by Gasteiger charge is 2.13. The summed E-state index contributed by atoms with van der Waals surface area (Å²) in [5.74, 6) is 2.24. The Balaban J connectivity index is 1.95. The second-order valence-corrected chi connectivity index (χ2v) is 6.48. The van der Waals surface area contributed by atoms with Gasteiger partial charge in [0.05, 0.1) is 23.2 Å². The molecule has 0 saturated carbocycles. The number of amides is 1. The number of aromatic nitrogens is 2. The van der Waals surface area contributed by atoms with Gasteiger partial charge in [0.1, 0.15) is 6.54 Å². The number of carbonyl (C=O) groups is 1. The third-order valence-corrected chi connectivity index (χ3v) is 4.66. The second kappa shape index (κ2) is 7.49. The van der Waals surface area contributed by atoms with Gasteiger partial charge < -0.3 is 5.32 Å². The van der Waals surface area contributed by atoms with Crippen molar-refractivity contribution in [2.24, 2.45) is 0 Å². The van der Waals surface area contributed by atoms with E-state index in [0.29, 0.717) is 22.0 Å². The molecule has 1 heterocycles. The first-order valence-corrected chi connectivity index (χ1v) is 8.64. The summed E-state index contributed by atoms with van der Waals surface area (Å²) in [6.07, 6.45) is 5.32. The minimum Gasteiger partial charge on any atom is -0.346 e. The topological polar surface area (TPSA) is 64.0 Å². The van der Waals surface area contributed by atoms with Crippen molar-refractivity contribution >= 4 is 39.3 Å². The lowest BCUT2D eigenvalue weighted by molar-refractivity contribution is 0.0949. The number of hydrogen-bond donors (Lipinski definition) is 1. The number of carbonyl (C=O) groups excluding carboxylic acids is 1. The summed E-state index contributed by atoms with van der Waals surface area (Å²) >= 11 is 2.12. The number of rotatable bonds is 4. The van der Waals surface area contributed by atoms with Crippen LogP contribution in [0.2, 0.25) is 0 Å². The SMILES string of the molecule is C#CCn1nc(CNC(=O)c2ccccc2I)c2ccccc2c1=O. The van der Waals surface area contributed by atoms with Crippen LogP contribution in [0.3, 0.4) is 0 Å². The van der Waals surface area contributed by atoms with E-state index in [9.17, 15) is 9.59 Å². The number of hydrogen-bond acceptors (Lipinski definition) is 3. The van der Waals surface area contributed by atoms with Gasteiger partial charge in [0, 0.05) is 8.96 Å². The Bertz CT molecular complexity index is 1050. The zero-order chi connectivity index (χ0) is 17.8. The van der Waals surface area contributed by atoms with Crippen molar-refractivity contribution in [2.75, 3.05) is 0 Å². The van der Waals surface area contributed by atoms with Crippen molar-refractivity contribution < 1.29 is 4.79 Å². The molecule has 0 atom stereocenters. The smallest absolute Gasteiger partial charge is 0.275 e. The fourth-order valence-electron chi connectivity index (χ4n) is 2.53. The van der Waals surface area contributed by atoms with Crippen LogP contribution in [-0.4, -0.2) is 15.7 Å². The Hall–Kier alpha value is -2.66. The molecule has 3 aromatic rings. The van der Waals surface area contributed by atoms with Gasteiger partial charge in [0.2, 0.25) is 0 Å². The molecule has 5 nitrogen and oxygen atoms in total. The van der Waals surface area contributed by atoms with Crippen molar-refractivity contribution in [3.8, 4) is 12.3 Å². The largest absolute Gasteiger partial charge is 0.346 e. The molecule has 25 heavy (non-hydrogen) atoms. The molecule has 0 unspecified atom stereocenters. The number of terminal acetylenes is 1. The average molecular weight is 443 g/mol. The fraction of sp³-hybridized carbons (Fsp3) is 0.105. The summed E-state index contributed by atoms with van der Waals surface area (Å²) in [5, 5.41) is 8.43. The lowest BCUT2D eigenvalue weighted by atomic mass is 10.1. The average Bonchev–Trinajstić information content (AvgIpc) is 2.63. The monoisotopic (exact) mass is 443 g/mol. The molecule has 0 aliphatic carbocycles. The zero-order valence-corrected chi connectivity index (χ0v) is 15.4. The molecule has 0 bridgehead atoms. The van der Waals surface area contributed by atoms with Crippen LogP contribution in [-0.2, 0) is 13.1 Å². The molecule has 3 rings (SSSR count). The van der Waals surface area contributed by atoms with Crippen molar-refractivity contribution in [3.05, 3.63) is 73.7 Å². The van der Waals surface area contributed by atoms with E-state index in [1.807, 2.05) is 30.3 Å². The lowest BCUT2D eigenvalue weighted by Gasteiger charge is -2.11. The van der Waals surface area contributed by atoms with Gasteiger partial charge in [-0.05, 0) is 40.8 Å². The van der Waals surface area contributed by atoms with E-state index >= 15 is 0 Å². The van der Waals surface area contributed by atoms with Crippen LogP contribution in [0.1, 0.15) is 16.1 Å². The van der Waals surface area contributed by atoms with Crippen molar-refractivity contribution in [1.29, 1.82) is 0 Å². The Morgan fingerprint density at radius 3 is 2.56 bits per heavy atom. The van der Waals surface area contributed by atoms with Crippen LogP contribution < -0.4 is 10.9 Å². The summed E-state index contributed by atoms with van der Waals surface area (Å²) < 4.78 is 2.11. The molecular formula is C19H14IN3O2. The number of benzene rings is 2. The van der Waals surface area contributed by atoms with Crippen LogP contribution in [0.25, 0.3) is 10.8 Å². The molecule has 0 aliphatic heterocycles. The maximum atomic E-state index is 12.4. The number of nitrogens with one attached hydrogen (secondary N) is 1. The number of fused-ring (bicyclic) bond motifs is 1. The molecular weight excluding hydrogens is 429 g/mol. The van der Waals surface area contributed by atoms with Crippen molar-refractivity contribution in [2.45, 2.75) is 13.1 Å². The maximum absolute atomic E-state index is 12.4. The Labute approximate surface area is 158 Å². The van der Waals surface area contributed by atoms with Crippen LogP contribution in [0.4, 0.5) is 0 Å². The third-order valence-electron chi connectivity index (χ3n) is 3.72. The molecule has 0 fully saturated rings. The molecule has 1 aromatic heterocycles. The summed E-state index contributed by atoms with van der Waals surface area (Å²) in [6.45, 7) is 0.288. The van der Waals surface area contributed by atoms with Gasteiger partial charge in [-0.15, -0.1) is 6.42 Å². The molecule has 0 saturated heterocycles. The van der Waals surface area contributed by atoms with Crippen molar-refractivity contribution in [1.82, 2.24) is 15.1 Å². The maximum Gasteiger partial charge on any atom is 0.275 e. The Kier molecular flexibility index (Phi) is 5.14. The second-order valence-electron chi connectivity index (χ2n) is 5.32. The summed E-state index contributed by atoms with van der Waals surface area (Å²) in [7, 11) is 0. The minimum atomic E-state index is -0.235. The summed E-state index contributed by atoms with van der Waals surface area (Å²) in [6, 6.07) is 14.5. The molecule has 0 aliphatic rings. The molecule has 1 N–H and O–H groups in total. The third kappa shape index (κ3) is 3.56. The summed E-state index contributed by atoms with van der Waals surface area (Å²) in [4.78, 5) is 24.8. The molecule has 1 amide bonds. The predicted octanol–water partition coefficient (Wildman–Crippen LogP) is 2.56. The minimum absolute atomic E-state index is 0.0845. The highest BCUT2D eigenvalue weighted by atomic mass is 127. The highest BCUT2D eigenvalue weighted by Crippen LogP contribution is 2.14. The van der Waals surface area contributed by atoms with E-state index < -0.39 is 0 Å². The van der Waals surface area contributed by atoms with Crippen LogP contribution >= 0.6 is 22.6 Å². The van der Waals surface area contributed by atoms with Gasteiger partial charge in [0.25, 0.3) is 11.5 Å². The van der Waals surface area contributed by atoms with Gasteiger partial charge in [-0.2, -0.15) is 5.10 Å². The first-order valence-electron chi connectivity index (χ1n) is 7.56. The predicted molar refractivity (Wildman–Crippen MR) is 105 cm³/mol. The standard InChI is InChI=1S/C19H14IN3O2/c1-2-11-23-19(25)14-8-4-3-7-13(14)17(22-23)12-21-18(24)15-9-5-6-10-16(15)20/h1,3-10H,11-12H2,(H,21,24).